The van der Waals surface area contributed by atoms with E-state index in [1.165, 1.54) is 0 Å². The van der Waals surface area contributed by atoms with Crippen LogP contribution in [0.5, 0.6) is 11.5 Å². The van der Waals surface area contributed by atoms with Gasteiger partial charge in [-0.1, -0.05) is 17.7 Å². The van der Waals surface area contributed by atoms with Gasteiger partial charge in [-0.3, -0.25) is 4.90 Å². The highest BCUT2D eigenvalue weighted by Crippen LogP contribution is 2.38. The van der Waals surface area contributed by atoms with Crippen molar-refractivity contribution < 1.29 is 9.47 Å². The smallest absolute Gasteiger partial charge is 0.179 e. The maximum atomic E-state index is 6.45. The van der Waals surface area contributed by atoms with Crippen LogP contribution < -0.4 is 14.8 Å². The minimum absolute atomic E-state index is 0.262. The molecule has 118 valence electrons. The van der Waals surface area contributed by atoms with Gasteiger partial charge in [0.1, 0.15) is 0 Å². The van der Waals surface area contributed by atoms with Crippen molar-refractivity contribution in [3.8, 4) is 11.5 Å². The molecule has 21 heavy (non-hydrogen) atoms. The van der Waals surface area contributed by atoms with Crippen molar-refractivity contribution in [2.24, 2.45) is 0 Å². The number of nitrogens with zero attached hydrogens (tertiary/aromatic N) is 1. The van der Waals surface area contributed by atoms with Gasteiger partial charge in [0.05, 0.1) is 19.2 Å². The third kappa shape index (κ3) is 3.62. The summed E-state index contributed by atoms with van der Waals surface area (Å²) in [6, 6.07) is 3.94. The second kappa shape index (κ2) is 6.86. The van der Waals surface area contributed by atoms with E-state index in [0.717, 1.165) is 38.0 Å². The Bertz CT molecular complexity index is 485. The van der Waals surface area contributed by atoms with Crippen molar-refractivity contribution in [1.29, 1.82) is 0 Å². The molecule has 1 aliphatic rings. The Morgan fingerprint density at radius 2 is 1.90 bits per heavy atom. The van der Waals surface area contributed by atoms with Gasteiger partial charge in [0.2, 0.25) is 0 Å². The van der Waals surface area contributed by atoms with Crippen LogP contribution in [0.25, 0.3) is 0 Å². The van der Waals surface area contributed by atoms with Gasteiger partial charge < -0.3 is 14.8 Å². The maximum Gasteiger partial charge on any atom is 0.179 e. The average Bonchev–Trinajstić information content (AvgIpc) is 2.51. The van der Waals surface area contributed by atoms with E-state index in [2.05, 4.69) is 17.1 Å². The van der Waals surface area contributed by atoms with Crippen LogP contribution in [0.3, 0.4) is 0 Å². The fourth-order valence-electron chi connectivity index (χ4n) is 2.75. The molecule has 1 N–H and O–H groups in total. The van der Waals surface area contributed by atoms with Gasteiger partial charge in [0, 0.05) is 25.2 Å². The fraction of sp³-hybridized carbons (Fsp3) is 0.625. The number of rotatable bonds is 5. The van der Waals surface area contributed by atoms with Crippen molar-refractivity contribution >= 4 is 11.6 Å². The molecule has 1 heterocycles. The van der Waals surface area contributed by atoms with Crippen LogP contribution in [0.4, 0.5) is 0 Å². The Labute approximate surface area is 132 Å². The number of halogens is 1. The van der Waals surface area contributed by atoms with Crippen LogP contribution in [0.2, 0.25) is 5.02 Å². The number of nitrogens with one attached hydrogen (secondary N) is 1. The monoisotopic (exact) mass is 312 g/mol. The van der Waals surface area contributed by atoms with Gasteiger partial charge in [-0.2, -0.15) is 0 Å². The standard InChI is InChI=1S/C16H25ClN2O2/c1-16(18-2)7-9-19(10-8-16)11-12-5-6-13(20-3)15(21-4)14(12)17/h5-6,18H,7-11H2,1-4H3. The molecule has 1 aromatic rings. The normalized spacial score (nSPS) is 18.5. The minimum atomic E-state index is 0.262. The van der Waals surface area contributed by atoms with E-state index in [4.69, 9.17) is 21.1 Å². The molecule has 0 amide bonds. The van der Waals surface area contributed by atoms with E-state index < -0.39 is 0 Å². The SMILES string of the molecule is CNC1(C)CCN(Cc2ccc(OC)c(OC)c2Cl)CC1. The molecule has 1 fully saturated rings. The lowest BCUT2D eigenvalue weighted by Crippen LogP contribution is -2.49. The number of methoxy groups -OCH3 is 2. The molecule has 1 aromatic carbocycles. The van der Waals surface area contributed by atoms with Crippen LogP contribution >= 0.6 is 11.6 Å². The minimum Gasteiger partial charge on any atom is -0.493 e. The van der Waals surface area contributed by atoms with Crippen molar-refractivity contribution in [1.82, 2.24) is 10.2 Å². The summed E-state index contributed by atoms with van der Waals surface area (Å²) in [7, 11) is 5.28. The van der Waals surface area contributed by atoms with Crippen LogP contribution in [0.15, 0.2) is 12.1 Å². The number of ether oxygens (including phenoxy) is 2. The van der Waals surface area contributed by atoms with Gasteiger partial charge in [-0.15, -0.1) is 0 Å². The Morgan fingerprint density at radius 1 is 1.24 bits per heavy atom. The molecule has 0 saturated carbocycles. The first kappa shape index (κ1) is 16.4. The number of likely N-dealkylation sites (tertiary alicyclic amines) is 1. The molecule has 1 saturated heterocycles. The number of hydrogen-bond acceptors (Lipinski definition) is 4. The summed E-state index contributed by atoms with van der Waals surface area (Å²) in [5.74, 6) is 1.29. The Morgan fingerprint density at radius 3 is 2.43 bits per heavy atom. The van der Waals surface area contributed by atoms with E-state index >= 15 is 0 Å². The Balaban J connectivity index is 2.07. The van der Waals surface area contributed by atoms with Crippen molar-refractivity contribution in [3.63, 3.8) is 0 Å². The van der Waals surface area contributed by atoms with Crippen LogP contribution in [-0.4, -0.2) is 44.8 Å². The molecule has 0 radical (unpaired) electrons. The first-order valence-corrected chi connectivity index (χ1v) is 7.71. The highest BCUT2D eigenvalue weighted by molar-refractivity contribution is 6.33. The lowest BCUT2D eigenvalue weighted by molar-refractivity contribution is 0.146. The summed E-state index contributed by atoms with van der Waals surface area (Å²) < 4.78 is 10.6. The van der Waals surface area contributed by atoms with Crippen LogP contribution in [0.1, 0.15) is 25.3 Å². The van der Waals surface area contributed by atoms with Crippen molar-refractivity contribution in [2.75, 3.05) is 34.4 Å². The summed E-state index contributed by atoms with van der Waals surface area (Å²) in [6.45, 7) is 5.27. The predicted molar refractivity (Wildman–Crippen MR) is 86.5 cm³/mol. The summed E-state index contributed by atoms with van der Waals surface area (Å²) in [4.78, 5) is 2.44. The second-order valence-corrected chi connectivity index (χ2v) is 6.24. The lowest BCUT2D eigenvalue weighted by Gasteiger charge is -2.39. The Hall–Kier alpha value is -0.970. The Kier molecular flexibility index (Phi) is 5.36. The van der Waals surface area contributed by atoms with Gasteiger partial charge in [-0.25, -0.2) is 0 Å². The third-order valence-electron chi connectivity index (χ3n) is 4.52. The van der Waals surface area contributed by atoms with E-state index in [-0.39, 0.29) is 5.54 Å². The quantitative estimate of drug-likeness (QED) is 0.906. The van der Waals surface area contributed by atoms with Crippen molar-refractivity contribution in [2.45, 2.75) is 31.8 Å². The average molecular weight is 313 g/mol. The van der Waals surface area contributed by atoms with Crippen LogP contribution in [0, 0.1) is 0 Å². The zero-order chi connectivity index (χ0) is 15.5. The molecule has 0 spiro atoms. The zero-order valence-electron chi connectivity index (χ0n) is 13.3. The molecule has 5 heteroatoms. The molecule has 4 nitrogen and oxygen atoms in total. The molecule has 0 aromatic heterocycles. The van der Waals surface area contributed by atoms with Crippen LogP contribution in [-0.2, 0) is 6.54 Å². The summed E-state index contributed by atoms with van der Waals surface area (Å²) in [6.07, 6.45) is 2.29. The number of benzene rings is 1. The molecule has 0 atom stereocenters. The van der Waals surface area contributed by atoms with E-state index in [1.807, 2.05) is 19.2 Å². The van der Waals surface area contributed by atoms with E-state index in [9.17, 15) is 0 Å². The third-order valence-corrected chi connectivity index (χ3v) is 4.94. The maximum absolute atomic E-state index is 6.45. The summed E-state index contributed by atoms with van der Waals surface area (Å²) >= 11 is 6.45. The summed E-state index contributed by atoms with van der Waals surface area (Å²) in [5.41, 5.74) is 1.35. The zero-order valence-corrected chi connectivity index (χ0v) is 14.1. The molecule has 0 bridgehead atoms. The van der Waals surface area contributed by atoms with Crippen molar-refractivity contribution in [3.05, 3.63) is 22.7 Å². The molecular formula is C16H25ClN2O2. The molecular weight excluding hydrogens is 288 g/mol. The first-order valence-electron chi connectivity index (χ1n) is 7.33. The lowest BCUT2D eigenvalue weighted by atomic mass is 9.90. The van der Waals surface area contributed by atoms with Gasteiger partial charge in [0.25, 0.3) is 0 Å². The molecule has 2 rings (SSSR count). The highest BCUT2D eigenvalue weighted by atomic mass is 35.5. The van der Waals surface area contributed by atoms with Gasteiger partial charge in [0.15, 0.2) is 11.5 Å². The van der Waals surface area contributed by atoms with E-state index in [1.54, 1.807) is 14.2 Å². The number of piperidine rings is 1. The van der Waals surface area contributed by atoms with E-state index in [0.29, 0.717) is 16.5 Å². The first-order chi connectivity index (χ1) is 10.0. The molecule has 0 aliphatic carbocycles. The molecule has 0 unspecified atom stereocenters. The van der Waals surface area contributed by atoms with Gasteiger partial charge in [-0.05, 0) is 38.4 Å². The second-order valence-electron chi connectivity index (χ2n) is 5.86. The predicted octanol–water partition coefficient (Wildman–Crippen LogP) is 2.93. The molecule has 1 aliphatic heterocycles. The number of hydrogen-bond donors (Lipinski definition) is 1. The fourth-order valence-corrected chi connectivity index (χ4v) is 3.04. The highest BCUT2D eigenvalue weighted by Gasteiger charge is 2.28. The summed E-state index contributed by atoms with van der Waals surface area (Å²) in [5, 5.41) is 4.07. The topological polar surface area (TPSA) is 33.7 Å². The van der Waals surface area contributed by atoms with Gasteiger partial charge >= 0.3 is 0 Å². The largest absolute Gasteiger partial charge is 0.493 e.